The minimum absolute atomic E-state index is 0.114. The number of Topliss-reactive ketones (excluding diaryl/α,β-unsaturated/α-hetero) is 1. The van der Waals surface area contributed by atoms with Gasteiger partial charge in [-0.2, -0.15) is 0 Å². The summed E-state index contributed by atoms with van der Waals surface area (Å²) in [5.41, 5.74) is 1.69. The van der Waals surface area contributed by atoms with Crippen LogP contribution in [0.4, 0.5) is 4.79 Å². The van der Waals surface area contributed by atoms with Crippen LogP contribution in [-0.4, -0.2) is 48.9 Å². The fourth-order valence-corrected chi connectivity index (χ4v) is 3.29. The Labute approximate surface area is 173 Å². The summed E-state index contributed by atoms with van der Waals surface area (Å²) in [7, 11) is 0. The first kappa shape index (κ1) is 21.4. The van der Waals surface area contributed by atoms with E-state index in [1.165, 1.54) is 0 Å². The number of alkyl carbamates (subject to hydrolysis) is 1. The number of ketones is 1. The van der Waals surface area contributed by atoms with Gasteiger partial charge in [0.05, 0.1) is 18.9 Å². The Morgan fingerprint density at radius 1 is 1.27 bits per heavy atom. The van der Waals surface area contributed by atoms with Crippen LogP contribution in [0.2, 0.25) is 0 Å². The maximum atomic E-state index is 12.6. The van der Waals surface area contributed by atoms with Gasteiger partial charge in [-0.15, -0.1) is 0 Å². The molecule has 3 N–H and O–H groups in total. The topological polar surface area (TPSA) is 127 Å². The Morgan fingerprint density at radius 2 is 2.03 bits per heavy atom. The number of fused-ring (bicyclic) bond motifs is 1. The number of furan rings is 1. The summed E-state index contributed by atoms with van der Waals surface area (Å²) < 4.78 is 10.7. The molecule has 1 aliphatic rings. The molecule has 0 saturated carbocycles. The van der Waals surface area contributed by atoms with Gasteiger partial charge in [-0.1, -0.05) is 32.0 Å². The molecule has 1 saturated heterocycles. The van der Waals surface area contributed by atoms with E-state index in [9.17, 15) is 19.2 Å². The quantitative estimate of drug-likeness (QED) is 0.585. The second-order valence-corrected chi connectivity index (χ2v) is 7.48. The highest BCUT2D eigenvalue weighted by Crippen LogP contribution is 2.21. The molecule has 0 radical (unpaired) electrons. The monoisotopic (exact) mass is 415 g/mol. The van der Waals surface area contributed by atoms with Crippen LogP contribution < -0.4 is 16.0 Å². The molecule has 1 fully saturated rings. The lowest BCUT2D eigenvalue weighted by Crippen LogP contribution is -2.58. The zero-order chi connectivity index (χ0) is 21.7. The largest absolute Gasteiger partial charge is 0.464 e. The Kier molecular flexibility index (Phi) is 6.71. The minimum atomic E-state index is -0.898. The number of hydrogen-bond acceptors (Lipinski definition) is 6. The number of para-hydroxylation sites is 1. The third-order valence-electron chi connectivity index (χ3n) is 4.96. The molecule has 2 heterocycles. The van der Waals surface area contributed by atoms with Crippen molar-refractivity contribution in [1.29, 1.82) is 0 Å². The van der Waals surface area contributed by atoms with Crippen molar-refractivity contribution in [2.24, 2.45) is 5.92 Å². The summed E-state index contributed by atoms with van der Waals surface area (Å²) in [6.45, 7) is 3.94. The third kappa shape index (κ3) is 4.97. The van der Waals surface area contributed by atoms with Crippen LogP contribution in [0.25, 0.3) is 11.0 Å². The molecular weight excluding hydrogens is 390 g/mol. The summed E-state index contributed by atoms with van der Waals surface area (Å²) in [5, 5.41) is 8.48. The highest BCUT2D eigenvalue weighted by Gasteiger charge is 2.33. The molecule has 0 bridgehead atoms. The number of nitrogens with one attached hydrogen (secondary N) is 3. The summed E-state index contributed by atoms with van der Waals surface area (Å²) >= 11 is 0. The van der Waals surface area contributed by atoms with Gasteiger partial charge in [0.15, 0.2) is 0 Å². The predicted molar refractivity (Wildman–Crippen MR) is 108 cm³/mol. The van der Waals surface area contributed by atoms with Crippen molar-refractivity contribution >= 4 is 34.7 Å². The van der Waals surface area contributed by atoms with Crippen molar-refractivity contribution in [3.05, 3.63) is 36.1 Å². The van der Waals surface area contributed by atoms with Crippen molar-refractivity contribution in [2.45, 2.75) is 38.8 Å². The van der Waals surface area contributed by atoms with E-state index in [2.05, 4.69) is 16.0 Å². The van der Waals surface area contributed by atoms with E-state index in [0.717, 1.165) is 16.5 Å². The van der Waals surface area contributed by atoms with Gasteiger partial charge < -0.3 is 25.1 Å². The van der Waals surface area contributed by atoms with Crippen molar-refractivity contribution in [3.8, 4) is 0 Å². The number of amides is 3. The molecule has 0 aliphatic carbocycles. The molecule has 30 heavy (non-hydrogen) atoms. The van der Waals surface area contributed by atoms with Crippen LogP contribution in [0, 0.1) is 5.92 Å². The molecule has 2 unspecified atom stereocenters. The summed E-state index contributed by atoms with van der Waals surface area (Å²) in [6, 6.07) is 5.79. The summed E-state index contributed by atoms with van der Waals surface area (Å²) in [4.78, 5) is 48.1. The van der Waals surface area contributed by atoms with Crippen LogP contribution in [-0.2, 0) is 25.5 Å². The maximum absolute atomic E-state index is 12.6. The van der Waals surface area contributed by atoms with Gasteiger partial charge in [0, 0.05) is 23.9 Å². The van der Waals surface area contributed by atoms with Gasteiger partial charge in [0.25, 0.3) is 5.91 Å². The molecule has 2 atom stereocenters. The van der Waals surface area contributed by atoms with Crippen LogP contribution in [0.15, 0.2) is 34.9 Å². The van der Waals surface area contributed by atoms with E-state index in [-0.39, 0.29) is 12.5 Å². The Balaban J connectivity index is 1.51. The lowest BCUT2D eigenvalue weighted by atomic mass is 10.0. The highest BCUT2D eigenvalue weighted by molar-refractivity contribution is 6.39. The Hall–Kier alpha value is -3.36. The van der Waals surface area contributed by atoms with Gasteiger partial charge in [-0.05, 0) is 18.4 Å². The predicted octanol–water partition coefficient (Wildman–Crippen LogP) is 1.30. The SMILES string of the molecule is CC(C)C(NC(=O)OCCc1coc2ccccc12)C(=O)NC1CCNC(=O)C1=O. The molecule has 1 aliphatic heterocycles. The van der Waals surface area contributed by atoms with E-state index in [0.29, 0.717) is 19.4 Å². The van der Waals surface area contributed by atoms with Crippen LogP contribution in [0.1, 0.15) is 25.8 Å². The van der Waals surface area contributed by atoms with E-state index in [1.807, 2.05) is 24.3 Å². The number of rotatable bonds is 7. The van der Waals surface area contributed by atoms with Crippen molar-refractivity contribution < 1.29 is 28.3 Å². The maximum Gasteiger partial charge on any atom is 0.407 e. The van der Waals surface area contributed by atoms with Crippen molar-refractivity contribution in [2.75, 3.05) is 13.2 Å². The van der Waals surface area contributed by atoms with Gasteiger partial charge in [-0.3, -0.25) is 14.4 Å². The van der Waals surface area contributed by atoms with E-state index < -0.39 is 35.8 Å². The second kappa shape index (κ2) is 9.43. The molecule has 9 heteroatoms. The molecule has 2 aromatic rings. The van der Waals surface area contributed by atoms with Gasteiger partial charge >= 0.3 is 6.09 Å². The molecule has 1 aromatic heterocycles. The van der Waals surface area contributed by atoms with Gasteiger partial charge in [0.2, 0.25) is 11.7 Å². The summed E-state index contributed by atoms with van der Waals surface area (Å²) in [5.74, 6) is -2.18. The number of benzene rings is 1. The van der Waals surface area contributed by atoms with Crippen LogP contribution >= 0.6 is 0 Å². The molecule has 9 nitrogen and oxygen atoms in total. The van der Waals surface area contributed by atoms with E-state index >= 15 is 0 Å². The van der Waals surface area contributed by atoms with E-state index in [1.54, 1.807) is 20.1 Å². The smallest absolute Gasteiger partial charge is 0.407 e. The lowest BCUT2D eigenvalue weighted by molar-refractivity contribution is -0.142. The molecule has 3 rings (SSSR count). The number of ether oxygens (including phenoxy) is 1. The number of carbonyl (C=O) groups is 4. The average molecular weight is 415 g/mol. The zero-order valence-corrected chi connectivity index (χ0v) is 16.9. The standard InChI is InChI=1S/C21H25N3O6/c1-12(2)17(19(26)23-15-7-9-22-20(27)18(15)25)24-21(28)29-10-8-13-11-30-16-6-4-3-5-14(13)16/h3-6,11-12,15,17H,7-10H2,1-2H3,(H,22,27)(H,23,26)(H,24,28). The summed E-state index contributed by atoms with van der Waals surface area (Å²) in [6.07, 6.45) is 1.68. The molecule has 0 spiro atoms. The number of hydrogen-bond donors (Lipinski definition) is 3. The first-order valence-corrected chi connectivity index (χ1v) is 9.87. The second-order valence-electron chi connectivity index (χ2n) is 7.48. The molecular formula is C21H25N3O6. The van der Waals surface area contributed by atoms with E-state index in [4.69, 9.17) is 9.15 Å². The number of piperidine rings is 1. The molecule has 160 valence electrons. The molecule has 1 aromatic carbocycles. The lowest BCUT2D eigenvalue weighted by Gasteiger charge is -2.26. The Morgan fingerprint density at radius 3 is 2.80 bits per heavy atom. The first-order chi connectivity index (χ1) is 14.4. The van der Waals surface area contributed by atoms with Crippen molar-refractivity contribution in [1.82, 2.24) is 16.0 Å². The van der Waals surface area contributed by atoms with Crippen LogP contribution in [0.3, 0.4) is 0 Å². The highest BCUT2D eigenvalue weighted by atomic mass is 16.5. The first-order valence-electron chi connectivity index (χ1n) is 9.87. The minimum Gasteiger partial charge on any atom is -0.464 e. The number of carbonyl (C=O) groups excluding carboxylic acids is 4. The fraction of sp³-hybridized carbons (Fsp3) is 0.429. The van der Waals surface area contributed by atoms with Gasteiger partial charge in [-0.25, -0.2) is 4.79 Å². The normalized spacial score (nSPS) is 17.5. The Bertz CT molecular complexity index is 951. The molecule has 3 amide bonds. The van der Waals surface area contributed by atoms with Crippen LogP contribution in [0.5, 0.6) is 0 Å². The van der Waals surface area contributed by atoms with Crippen molar-refractivity contribution in [3.63, 3.8) is 0 Å². The average Bonchev–Trinajstić information content (AvgIpc) is 3.12. The van der Waals surface area contributed by atoms with Gasteiger partial charge in [0.1, 0.15) is 11.6 Å². The zero-order valence-electron chi connectivity index (χ0n) is 16.9. The third-order valence-corrected chi connectivity index (χ3v) is 4.96. The fourth-order valence-electron chi connectivity index (χ4n) is 3.29.